The molecule has 1 unspecified atom stereocenters. The topological polar surface area (TPSA) is 26.3 Å². The Labute approximate surface area is 112 Å². The maximum absolute atomic E-state index is 11.5. The third-order valence-corrected chi connectivity index (χ3v) is 3.35. The van der Waals surface area contributed by atoms with E-state index < -0.39 is 0 Å². The smallest absolute Gasteiger partial charge is 0.331 e. The summed E-state index contributed by atoms with van der Waals surface area (Å²) < 4.78 is 5.18. The molecule has 2 nitrogen and oxygen atoms in total. The number of rotatable bonds is 2. The minimum Gasteiger partial charge on any atom is -0.462 e. The molecule has 19 heavy (non-hydrogen) atoms. The van der Waals surface area contributed by atoms with E-state index in [1.807, 2.05) is 48.5 Å². The van der Waals surface area contributed by atoms with Crippen LogP contribution in [-0.4, -0.2) is 12.6 Å². The summed E-state index contributed by atoms with van der Waals surface area (Å²) in [5.41, 5.74) is 3.28. The van der Waals surface area contributed by atoms with Crippen molar-refractivity contribution in [3.63, 3.8) is 0 Å². The van der Waals surface area contributed by atoms with Crippen molar-refractivity contribution in [3.05, 3.63) is 77.9 Å². The van der Waals surface area contributed by atoms with Gasteiger partial charge >= 0.3 is 5.97 Å². The molecule has 2 aromatic rings. The highest BCUT2D eigenvalue weighted by Crippen LogP contribution is 2.34. The molecule has 1 aliphatic heterocycles. The predicted octanol–water partition coefficient (Wildman–Crippen LogP) is 3.41. The number of hydrogen-bond acceptors (Lipinski definition) is 2. The molecular weight excluding hydrogens is 236 g/mol. The van der Waals surface area contributed by atoms with Gasteiger partial charge in [-0.25, -0.2) is 4.79 Å². The molecule has 1 heterocycles. The fraction of sp³-hybridized carbons (Fsp3) is 0.118. The van der Waals surface area contributed by atoms with Crippen molar-refractivity contribution in [1.29, 1.82) is 0 Å². The predicted molar refractivity (Wildman–Crippen MR) is 74.6 cm³/mol. The van der Waals surface area contributed by atoms with Gasteiger partial charge in [0.2, 0.25) is 0 Å². The number of ether oxygens (including phenoxy) is 1. The summed E-state index contributed by atoms with van der Waals surface area (Å²) in [6, 6.07) is 20.1. The summed E-state index contributed by atoms with van der Waals surface area (Å²) in [6.07, 6.45) is 1.61. The number of esters is 1. The van der Waals surface area contributed by atoms with E-state index in [0.717, 1.165) is 11.1 Å². The Kier molecular flexibility index (Phi) is 3.15. The zero-order chi connectivity index (χ0) is 13.1. The van der Waals surface area contributed by atoms with E-state index in [9.17, 15) is 4.79 Å². The average molecular weight is 250 g/mol. The first kappa shape index (κ1) is 11.7. The monoisotopic (exact) mass is 250 g/mol. The van der Waals surface area contributed by atoms with Crippen LogP contribution in [0.1, 0.15) is 17.0 Å². The van der Waals surface area contributed by atoms with Gasteiger partial charge in [-0.05, 0) is 16.7 Å². The highest BCUT2D eigenvalue weighted by molar-refractivity contribution is 5.94. The van der Waals surface area contributed by atoms with Gasteiger partial charge in [-0.1, -0.05) is 60.7 Å². The summed E-state index contributed by atoms with van der Waals surface area (Å²) in [6.45, 7) is 0.406. The molecule has 1 aliphatic rings. The van der Waals surface area contributed by atoms with Crippen LogP contribution in [0.3, 0.4) is 0 Å². The maximum Gasteiger partial charge on any atom is 0.331 e. The molecular formula is C17H14O2. The molecule has 0 fully saturated rings. The van der Waals surface area contributed by atoms with Gasteiger partial charge in [0.25, 0.3) is 0 Å². The standard InChI is InChI=1S/C17H14O2/c18-17-11-15(13-7-3-1-4-8-13)16(12-19-17)14-9-5-2-6-10-14/h1-11,16H,12H2. The molecule has 1 atom stereocenters. The normalized spacial score (nSPS) is 18.6. The minimum absolute atomic E-state index is 0.112. The van der Waals surface area contributed by atoms with Crippen LogP contribution in [0.5, 0.6) is 0 Å². The number of benzene rings is 2. The lowest BCUT2D eigenvalue weighted by Crippen LogP contribution is -2.19. The molecule has 0 spiro atoms. The first-order valence-electron chi connectivity index (χ1n) is 6.33. The molecule has 2 heteroatoms. The molecule has 0 saturated heterocycles. The van der Waals surface area contributed by atoms with Crippen molar-refractivity contribution in [2.45, 2.75) is 5.92 Å². The van der Waals surface area contributed by atoms with E-state index in [-0.39, 0.29) is 11.9 Å². The van der Waals surface area contributed by atoms with Crippen molar-refractivity contribution in [1.82, 2.24) is 0 Å². The Morgan fingerprint density at radius 2 is 1.53 bits per heavy atom. The van der Waals surface area contributed by atoms with E-state index in [1.165, 1.54) is 5.56 Å². The van der Waals surface area contributed by atoms with Gasteiger partial charge in [0, 0.05) is 12.0 Å². The van der Waals surface area contributed by atoms with E-state index in [2.05, 4.69) is 12.1 Å². The number of carbonyl (C=O) groups excluding carboxylic acids is 1. The summed E-state index contributed by atoms with van der Waals surface area (Å²) in [7, 11) is 0. The lowest BCUT2D eigenvalue weighted by molar-refractivity contribution is -0.138. The van der Waals surface area contributed by atoms with Crippen molar-refractivity contribution in [2.75, 3.05) is 6.61 Å². The van der Waals surface area contributed by atoms with Crippen LogP contribution in [0.25, 0.3) is 5.57 Å². The summed E-state index contributed by atoms with van der Waals surface area (Å²) >= 11 is 0. The first-order valence-corrected chi connectivity index (χ1v) is 6.33. The second kappa shape index (κ2) is 5.11. The zero-order valence-corrected chi connectivity index (χ0v) is 10.5. The minimum atomic E-state index is -0.258. The lowest BCUT2D eigenvalue weighted by atomic mass is 9.86. The number of cyclic esters (lactones) is 1. The van der Waals surface area contributed by atoms with Crippen LogP contribution in [-0.2, 0) is 9.53 Å². The van der Waals surface area contributed by atoms with Gasteiger partial charge in [0.05, 0.1) is 0 Å². The van der Waals surface area contributed by atoms with Crippen LogP contribution >= 0.6 is 0 Å². The average Bonchev–Trinajstić information content (AvgIpc) is 2.49. The second-order valence-electron chi connectivity index (χ2n) is 4.56. The fourth-order valence-electron chi connectivity index (χ4n) is 2.40. The Morgan fingerprint density at radius 1 is 0.895 bits per heavy atom. The molecule has 0 saturated carbocycles. The van der Waals surface area contributed by atoms with Gasteiger partial charge in [0.1, 0.15) is 6.61 Å². The van der Waals surface area contributed by atoms with Gasteiger partial charge < -0.3 is 4.74 Å². The Morgan fingerprint density at radius 3 is 2.21 bits per heavy atom. The Balaban J connectivity index is 2.04. The van der Waals surface area contributed by atoms with Crippen molar-refractivity contribution in [3.8, 4) is 0 Å². The molecule has 0 bridgehead atoms. The lowest BCUT2D eigenvalue weighted by Gasteiger charge is -2.24. The molecule has 0 N–H and O–H groups in total. The van der Waals surface area contributed by atoms with Crippen molar-refractivity contribution < 1.29 is 9.53 Å². The molecule has 0 radical (unpaired) electrons. The van der Waals surface area contributed by atoms with Gasteiger partial charge in [0.15, 0.2) is 0 Å². The highest BCUT2D eigenvalue weighted by atomic mass is 16.5. The molecule has 2 aromatic carbocycles. The number of hydrogen-bond donors (Lipinski definition) is 0. The first-order chi connectivity index (χ1) is 9.34. The van der Waals surface area contributed by atoms with E-state index in [4.69, 9.17) is 4.74 Å². The molecule has 0 aliphatic carbocycles. The molecule has 0 amide bonds. The summed E-state index contributed by atoms with van der Waals surface area (Å²) in [4.78, 5) is 11.5. The molecule has 94 valence electrons. The van der Waals surface area contributed by atoms with Crippen LogP contribution in [0.15, 0.2) is 66.7 Å². The van der Waals surface area contributed by atoms with E-state index in [1.54, 1.807) is 6.08 Å². The number of carbonyl (C=O) groups is 1. The fourth-order valence-corrected chi connectivity index (χ4v) is 2.40. The van der Waals surface area contributed by atoms with Crippen LogP contribution in [0, 0.1) is 0 Å². The van der Waals surface area contributed by atoms with Crippen LogP contribution in [0.2, 0.25) is 0 Å². The Bertz CT molecular complexity index is 600. The quantitative estimate of drug-likeness (QED) is 0.763. The SMILES string of the molecule is O=C1C=C(c2ccccc2)C(c2ccccc2)CO1. The van der Waals surface area contributed by atoms with E-state index >= 15 is 0 Å². The third-order valence-electron chi connectivity index (χ3n) is 3.35. The van der Waals surface area contributed by atoms with Gasteiger partial charge in [-0.2, -0.15) is 0 Å². The van der Waals surface area contributed by atoms with Crippen LogP contribution in [0.4, 0.5) is 0 Å². The van der Waals surface area contributed by atoms with Crippen molar-refractivity contribution >= 4 is 11.5 Å². The Hall–Kier alpha value is -2.35. The van der Waals surface area contributed by atoms with Gasteiger partial charge in [-0.15, -0.1) is 0 Å². The van der Waals surface area contributed by atoms with Gasteiger partial charge in [-0.3, -0.25) is 0 Å². The summed E-state index contributed by atoms with van der Waals surface area (Å²) in [5.74, 6) is -0.146. The third kappa shape index (κ3) is 2.43. The summed E-state index contributed by atoms with van der Waals surface area (Å²) in [5, 5.41) is 0. The van der Waals surface area contributed by atoms with Crippen LogP contribution < -0.4 is 0 Å². The molecule has 3 rings (SSSR count). The second-order valence-corrected chi connectivity index (χ2v) is 4.56. The highest BCUT2D eigenvalue weighted by Gasteiger charge is 2.24. The van der Waals surface area contributed by atoms with Crippen molar-refractivity contribution in [2.24, 2.45) is 0 Å². The zero-order valence-electron chi connectivity index (χ0n) is 10.5. The maximum atomic E-state index is 11.5. The van der Waals surface area contributed by atoms with E-state index in [0.29, 0.717) is 6.61 Å². The molecule has 0 aromatic heterocycles. The largest absolute Gasteiger partial charge is 0.462 e.